The van der Waals surface area contributed by atoms with Crippen LogP contribution in [0.5, 0.6) is 5.88 Å². The van der Waals surface area contributed by atoms with Gasteiger partial charge in [-0.25, -0.2) is 0 Å². The fourth-order valence-electron chi connectivity index (χ4n) is 2.48. The van der Waals surface area contributed by atoms with Crippen molar-refractivity contribution in [3.63, 3.8) is 0 Å². The lowest BCUT2D eigenvalue weighted by Gasteiger charge is -2.35. The highest BCUT2D eigenvalue weighted by Gasteiger charge is 2.24. The molecule has 6 heteroatoms. The summed E-state index contributed by atoms with van der Waals surface area (Å²) in [4.78, 5) is 11.4. The van der Waals surface area contributed by atoms with Crippen molar-refractivity contribution in [2.24, 2.45) is 0 Å². The van der Waals surface area contributed by atoms with Gasteiger partial charge in [-0.2, -0.15) is 4.98 Å². The number of hydrogen-bond acceptors (Lipinski definition) is 6. The minimum atomic E-state index is 0.380. The number of aromatic nitrogens is 2. The number of morpholine rings is 1. The Morgan fingerprint density at radius 1 is 1.47 bits per heavy atom. The Morgan fingerprint density at radius 2 is 2.42 bits per heavy atom. The van der Waals surface area contributed by atoms with E-state index in [0.29, 0.717) is 18.5 Å². The maximum atomic E-state index is 5.65. The third-order valence-corrected chi connectivity index (χ3v) is 3.60. The third kappa shape index (κ3) is 2.64. The van der Waals surface area contributed by atoms with E-state index >= 15 is 0 Å². The third-order valence-electron chi connectivity index (χ3n) is 3.60. The molecule has 0 bridgehead atoms. The molecule has 104 valence electrons. The molecule has 19 heavy (non-hydrogen) atoms. The number of nitrogens with zero attached hydrogens (tertiary/aromatic N) is 3. The summed E-state index contributed by atoms with van der Waals surface area (Å²) < 4.78 is 11.2. The minimum Gasteiger partial charge on any atom is -0.475 e. The van der Waals surface area contributed by atoms with Crippen LogP contribution < -0.4 is 15.0 Å². The van der Waals surface area contributed by atoms with E-state index in [1.807, 2.05) is 6.20 Å². The fraction of sp³-hybridized carbons (Fsp3) is 0.692. The summed E-state index contributed by atoms with van der Waals surface area (Å²) in [5.41, 5.74) is 0.891. The second kappa shape index (κ2) is 5.71. The van der Waals surface area contributed by atoms with Crippen LogP contribution in [-0.4, -0.2) is 48.9 Å². The lowest BCUT2D eigenvalue weighted by atomic mass is 10.2. The molecule has 1 unspecified atom stereocenters. The molecule has 0 aliphatic carbocycles. The number of fused-ring (bicyclic) bond motifs is 1. The van der Waals surface area contributed by atoms with E-state index < -0.39 is 0 Å². The first-order chi connectivity index (χ1) is 9.38. The van der Waals surface area contributed by atoms with Gasteiger partial charge in [0, 0.05) is 19.6 Å². The maximum Gasteiger partial charge on any atom is 0.239 e. The van der Waals surface area contributed by atoms with Gasteiger partial charge >= 0.3 is 0 Å². The molecule has 2 aliphatic rings. The molecular formula is C13H20N4O2. The predicted molar refractivity (Wildman–Crippen MR) is 71.5 cm³/mol. The Hall–Kier alpha value is -1.40. The van der Waals surface area contributed by atoms with Gasteiger partial charge in [0.25, 0.3) is 0 Å². The van der Waals surface area contributed by atoms with E-state index in [0.717, 1.165) is 50.8 Å². The molecule has 0 aromatic carbocycles. The molecule has 3 heterocycles. The SMILES string of the molecule is CCC1COCCN1c1cnc2c(n1)OCCNC2. The predicted octanol–water partition coefficient (Wildman–Crippen LogP) is 0.574. The zero-order valence-electron chi connectivity index (χ0n) is 11.3. The van der Waals surface area contributed by atoms with E-state index in [1.165, 1.54) is 0 Å². The van der Waals surface area contributed by atoms with Gasteiger partial charge in [-0.3, -0.25) is 4.98 Å². The van der Waals surface area contributed by atoms with E-state index in [4.69, 9.17) is 9.47 Å². The molecule has 1 N–H and O–H groups in total. The summed E-state index contributed by atoms with van der Waals surface area (Å²) in [6.07, 6.45) is 2.89. The summed E-state index contributed by atoms with van der Waals surface area (Å²) in [5.74, 6) is 1.57. The first-order valence-corrected chi connectivity index (χ1v) is 6.92. The monoisotopic (exact) mass is 264 g/mol. The Labute approximate surface area is 113 Å². The van der Waals surface area contributed by atoms with Crippen LogP contribution in [0, 0.1) is 0 Å². The normalized spacial score (nSPS) is 23.4. The van der Waals surface area contributed by atoms with E-state index in [1.54, 1.807) is 0 Å². The Morgan fingerprint density at radius 3 is 3.32 bits per heavy atom. The largest absolute Gasteiger partial charge is 0.475 e. The minimum absolute atomic E-state index is 0.380. The summed E-state index contributed by atoms with van der Waals surface area (Å²) >= 11 is 0. The molecule has 2 aliphatic heterocycles. The average Bonchev–Trinajstić information content (AvgIpc) is 2.71. The lowest BCUT2D eigenvalue weighted by molar-refractivity contribution is 0.0924. The van der Waals surface area contributed by atoms with E-state index in [-0.39, 0.29) is 0 Å². The van der Waals surface area contributed by atoms with Gasteiger partial charge in [-0.15, -0.1) is 0 Å². The van der Waals surface area contributed by atoms with Crippen molar-refractivity contribution in [1.82, 2.24) is 15.3 Å². The first-order valence-electron chi connectivity index (χ1n) is 6.92. The average molecular weight is 264 g/mol. The van der Waals surface area contributed by atoms with Crippen molar-refractivity contribution >= 4 is 5.82 Å². The molecular weight excluding hydrogens is 244 g/mol. The Bertz CT molecular complexity index is 441. The van der Waals surface area contributed by atoms with Crippen molar-refractivity contribution in [2.75, 3.05) is 37.8 Å². The van der Waals surface area contributed by atoms with E-state index in [2.05, 4.69) is 27.1 Å². The Kier molecular flexibility index (Phi) is 3.79. The topological polar surface area (TPSA) is 59.5 Å². The molecule has 1 saturated heterocycles. The van der Waals surface area contributed by atoms with Gasteiger partial charge in [0.1, 0.15) is 12.3 Å². The highest BCUT2D eigenvalue weighted by molar-refractivity contribution is 5.41. The van der Waals surface area contributed by atoms with Crippen LogP contribution in [0.15, 0.2) is 6.20 Å². The number of hydrogen-bond donors (Lipinski definition) is 1. The van der Waals surface area contributed by atoms with Crippen molar-refractivity contribution in [3.8, 4) is 5.88 Å². The fourth-order valence-corrected chi connectivity index (χ4v) is 2.48. The van der Waals surface area contributed by atoms with Crippen LogP contribution in [0.3, 0.4) is 0 Å². The van der Waals surface area contributed by atoms with Gasteiger partial charge in [0.05, 0.1) is 25.5 Å². The van der Waals surface area contributed by atoms with Gasteiger partial charge in [-0.05, 0) is 6.42 Å². The number of anilines is 1. The standard InChI is InChI=1S/C13H20N4O2/c1-2-10-9-18-6-4-17(10)12-8-15-11-7-14-3-5-19-13(11)16-12/h8,10,14H,2-7,9H2,1H3. The smallest absolute Gasteiger partial charge is 0.239 e. The van der Waals surface area contributed by atoms with Crippen molar-refractivity contribution in [1.29, 1.82) is 0 Å². The zero-order valence-corrected chi connectivity index (χ0v) is 11.3. The van der Waals surface area contributed by atoms with Crippen LogP contribution in [-0.2, 0) is 11.3 Å². The maximum absolute atomic E-state index is 5.65. The summed E-state index contributed by atoms with van der Waals surface area (Å²) in [6.45, 7) is 6.75. The molecule has 1 aromatic rings. The first kappa shape index (κ1) is 12.6. The number of rotatable bonds is 2. The summed E-state index contributed by atoms with van der Waals surface area (Å²) in [5, 5.41) is 3.26. The highest BCUT2D eigenvalue weighted by atomic mass is 16.5. The number of nitrogens with one attached hydrogen (secondary N) is 1. The number of ether oxygens (including phenoxy) is 2. The zero-order chi connectivity index (χ0) is 13.1. The second-order valence-electron chi connectivity index (χ2n) is 4.84. The van der Waals surface area contributed by atoms with Gasteiger partial charge in [0.15, 0.2) is 5.82 Å². The van der Waals surface area contributed by atoms with Gasteiger partial charge in [0.2, 0.25) is 5.88 Å². The molecule has 1 fully saturated rings. The van der Waals surface area contributed by atoms with Crippen LogP contribution in [0.1, 0.15) is 19.0 Å². The Balaban J connectivity index is 1.86. The molecule has 0 saturated carbocycles. The molecule has 3 rings (SSSR count). The van der Waals surface area contributed by atoms with Crippen LogP contribution in [0.25, 0.3) is 0 Å². The quantitative estimate of drug-likeness (QED) is 0.843. The molecule has 0 spiro atoms. The molecule has 1 aromatic heterocycles. The molecule has 6 nitrogen and oxygen atoms in total. The van der Waals surface area contributed by atoms with Gasteiger partial charge in [-0.1, -0.05) is 6.92 Å². The van der Waals surface area contributed by atoms with Gasteiger partial charge < -0.3 is 19.7 Å². The van der Waals surface area contributed by atoms with Crippen molar-refractivity contribution in [3.05, 3.63) is 11.9 Å². The van der Waals surface area contributed by atoms with E-state index in [9.17, 15) is 0 Å². The van der Waals surface area contributed by atoms with Crippen LogP contribution >= 0.6 is 0 Å². The second-order valence-corrected chi connectivity index (χ2v) is 4.84. The van der Waals surface area contributed by atoms with Crippen molar-refractivity contribution < 1.29 is 9.47 Å². The summed E-state index contributed by atoms with van der Waals surface area (Å²) in [6, 6.07) is 0.380. The molecule has 1 atom stereocenters. The van der Waals surface area contributed by atoms with Crippen LogP contribution in [0.4, 0.5) is 5.82 Å². The summed E-state index contributed by atoms with van der Waals surface area (Å²) in [7, 11) is 0. The molecule has 0 amide bonds. The van der Waals surface area contributed by atoms with Crippen LogP contribution in [0.2, 0.25) is 0 Å². The lowest BCUT2D eigenvalue weighted by Crippen LogP contribution is -2.45. The molecule has 0 radical (unpaired) electrons. The highest BCUT2D eigenvalue weighted by Crippen LogP contribution is 2.23. The van der Waals surface area contributed by atoms with Crippen molar-refractivity contribution in [2.45, 2.75) is 25.9 Å².